The highest BCUT2D eigenvalue weighted by Crippen LogP contribution is 2.50. The largest absolute Gasteiger partial charge is 0.481 e. The number of carbonyl (C=O) groups excluding carboxylic acids is 1. The highest BCUT2D eigenvalue weighted by atomic mass is 16.5. The Kier molecular flexibility index (Phi) is 4.37. The Morgan fingerprint density at radius 3 is 2.60 bits per heavy atom. The second-order valence-corrected chi connectivity index (χ2v) is 6.55. The fraction of sp³-hybridized carbons (Fsp3) is 0.867. The number of amides is 1. The first-order valence-corrected chi connectivity index (χ1v) is 7.41. The molecule has 2 fully saturated rings. The molecular weight excluding hydrogens is 258 g/mol. The summed E-state index contributed by atoms with van der Waals surface area (Å²) < 4.78 is 5.14. The van der Waals surface area contributed by atoms with Gasteiger partial charge in [0.1, 0.15) is 0 Å². The maximum absolute atomic E-state index is 12.3. The number of hydrogen-bond acceptors (Lipinski definition) is 3. The minimum absolute atomic E-state index is 0.0830. The first-order chi connectivity index (χ1) is 9.40. The minimum atomic E-state index is -0.788. The van der Waals surface area contributed by atoms with Crippen LogP contribution >= 0.6 is 0 Å². The first kappa shape index (κ1) is 15.3. The molecule has 0 aromatic rings. The number of carbonyl (C=O) groups is 2. The summed E-state index contributed by atoms with van der Waals surface area (Å²) in [7, 11) is 1.69. The topological polar surface area (TPSA) is 66.8 Å². The lowest BCUT2D eigenvalue weighted by Gasteiger charge is -2.42. The zero-order valence-corrected chi connectivity index (χ0v) is 12.6. The summed E-state index contributed by atoms with van der Waals surface area (Å²) in [4.78, 5) is 25.5. The van der Waals surface area contributed by atoms with Gasteiger partial charge in [-0.15, -0.1) is 0 Å². The summed E-state index contributed by atoms with van der Waals surface area (Å²) in [6.45, 7) is 5.13. The highest BCUT2D eigenvalue weighted by molar-refractivity contribution is 5.82. The van der Waals surface area contributed by atoms with E-state index < -0.39 is 11.9 Å². The Hall–Kier alpha value is -1.10. The second-order valence-electron chi connectivity index (χ2n) is 6.55. The van der Waals surface area contributed by atoms with Crippen LogP contribution in [-0.2, 0) is 14.3 Å². The molecule has 1 aliphatic heterocycles. The molecular formula is C15H25NO4. The number of ether oxygens (including phenoxy) is 1. The van der Waals surface area contributed by atoms with Crippen LogP contribution < -0.4 is 0 Å². The Morgan fingerprint density at radius 1 is 1.45 bits per heavy atom. The van der Waals surface area contributed by atoms with Gasteiger partial charge in [-0.05, 0) is 37.5 Å². The van der Waals surface area contributed by atoms with E-state index in [-0.39, 0.29) is 23.3 Å². The van der Waals surface area contributed by atoms with Crippen LogP contribution in [0.15, 0.2) is 0 Å². The van der Waals surface area contributed by atoms with Crippen molar-refractivity contribution in [3.63, 3.8) is 0 Å². The predicted octanol–water partition coefficient (Wildman–Crippen LogP) is 1.76. The molecule has 2 aliphatic rings. The predicted molar refractivity (Wildman–Crippen MR) is 74.2 cm³/mol. The number of carboxylic acids is 1. The molecule has 3 unspecified atom stereocenters. The van der Waals surface area contributed by atoms with Crippen molar-refractivity contribution in [1.82, 2.24) is 4.90 Å². The highest BCUT2D eigenvalue weighted by Gasteiger charge is 2.49. The molecule has 1 N–H and O–H groups in total. The van der Waals surface area contributed by atoms with Crippen molar-refractivity contribution in [2.24, 2.45) is 17.3 Å². The third kappa shape index (κ3) is 2.97. The van der Waals surface area contributed by atoms with Crippen LogP contribution in [0.5, 0.6) is 0 Å². The van der Waals surface area contributed by atoms with E-state index in [1.54, 1.807) is 12.0 Å². The summed E-state index contributed by atoms with van der Waals surface area (Å²) in [6, 6.07) is -0.219. The molecule has 1 aliphatic carbocycles. The molecule has 1 saturated heterocycles. The van der Waals surface area contributed by atoms with Crippen molar-refractivity contribution in [2.45, 2.75) is 45.6 Å². The van der Waals surface area contributed by atoms with Crippen LogP contribution in [0.2, 0.25) is 0 Å². The fourth-order valence-corrected chi connectivity index (χ4v) is 3.44. The number of piperidine rings is 1. The van der Waals surface area contributed by atoms with Crippen LogP contribution in [0, 0.1) is 17.3 Å². The fourth-order valence-electron chi connectivity index (χ4n) is 3.44. The maximum Gasteiger partial charge on any atom is 0.308 e. The molecule has 20 heavy (non-hydrogen) atoms. The Balaban J connectivity index is 2.06. The van der Waals surface area contributed by atoms with Crippen LogP contribution in [0.1, 0.15) is 39.5 Å². The molecule has 0 bridgehead atoms. The zero-order chi connectivity index (χ0) is 14.9. The van der Waals surface area contributed by atoms with Gasteiger partial charge < -0.3 is 14.7 Å². The van der Waals surface area contributed by atoms with Crippen molar-refractivity contribution in [2.75, 3.05) is 20.3 Å². The second kappa shape index (κ2) is 5.72. The van der Waals surface area contributed by atoms with E-state index in [0.29, 0.717) is 19.6 Å². The third-order valence-electron chi connectivity index (χ3n) is 5.03. The van der Waals surface area contributed by atoms with Crippen LogP contribution in [0.4, 0.5) is 0 Å². The van der Waals surface area contributed by atoms with Gasteiger partial charge in [0.2, 0.25) is 5.91 Å². The van der Waals surface area contributed by atoms with E-state index in [1.165, 1.54) is 0 Å². The Labute approximate surface area is 120 Å². The molecule has 0 spiro atoms. The molecule has 5 nitrogen and oxygen atoms in total. The van der Waals surface area contributed by atoms with Crippen molar-refractivity contribution in [3.8, 4) is 0 Å². The van der Waals surface area contributed by atoms with Gasteiger partial charge in [-0.2, -0.15) is 0 Å². The van der Waals surface area contributed by atoms with Gasteiger partial charge in [-0.1, -0.05) is 6.92 Å². The molecule has 2 rings (SSSR count). The molecule has 0 aromatic heterocycles. The van der Waals surface area contributed by atoms with Gasteiger partial charge in [0.15, 0.2) is 0 Å². The lowest BCUT2D eigenvalue weighted by Crippen LogP contribution is -2.54. The standard InChI is InChI=1S/C15H25NO4/c1-10-8-12(17)16(11(2)13(10)14(18)19)9-15(4-5-15)6-7-20-3/h10-11,13H,4-9H2,1-3H3,(H,18,19). The molecule has 1 amide bonds. The van der Waals surface area contributed by atoms with Gasteiger partial charge in [-0.3, -0.25) is 9.59 Å². The van der Waals surface area contributed by atoms with E-state index in [1.807, 2.05) is 13.8 Å². The van der Waals surface area contributed by atoms with E-state index in [4.69, 9.17) is 4.74 Å². The average Bonchev–Trinajstić information content (AvgIpc) is 3.12. The van der Waals surface area contributed by atoms with Gasteiger partial charge >= 0.3 is 5.97 Å². The number of rotatable bonds is 6. The molecule has 3 atom stereocenters. The van der Waals surface area contributed by atoms with E-state index in [9.17, 15) is 14.7 Å². The molecule has 114 valence electrons. The summed E-state index contributed by atoms with van der Waals surface area (Å²) in [5.41, 5.74) is 0.170. The van der Waals surface area contributed by atoms with Gasteiger partial charge in [0.25, 0.3) is 0 Å². The first-order valence-electron chi connectivity index (χ1n) is 7.41. The number of carboxylic acid groups (broad SMARTS) is 1. The van der Waals surface area contributed by atoms with Crippen molar-refractivity contribution in [1.29, 1.82) is 0 Å². The maximum atomic E-state index is 12.3. The number of methoxy groups -OCH3 is 1. The Morgan fingerprint density at radius 2 is 2.10 bits per heavy atom. The van der Waals surface area contributed by atoms with Crippen LogP contribution in [0.25, 0.3) is 0 Å². The number of aliphatic carboxylic acids is 1. The molecule has 1 heterocycles. The SMILES string of the molecule is COCCC1(CN2C(=O)CC(C)C(C(=O)O)C2C)CC1. The molecule has 0 aromatic carbocycles. The van der Waals surface area contributed by atoms with Crippen LogP contribution in [0.3, 0.4) is 0 Å². The molecule has 5 heteroatoms. The molecule has 1 saturated carbocycles. The summed E-state index contributed by atoms with van der Waals surface area (Å²) >= 11 is 0. The number of hydrogen-bond donors (Lipinski definition) is 1. The monoisotopic (exact) mass is 283 g/mol. The Bertz CT molecular complexity index is 391. The summed E-state index contributed by atoms with van der Waals surface area (Å²) in [5, 5.41) is 9.38. The van der Waals surface area contributed by atoms with E-state index in [0.717, 1.165) is 19.3 Å². The lowest BCUT2D eigenvalue weighted by atomic mass is 9.80. The average molecular weight is 283 g/mol. The normalized spacial score (nSPS) is 32.2. The zero-order valence-electron chi connectivity index (χ0n) is 12.6. The minimum Gasteiger partial charge on any atom is -0.481 e. The van der Waals surface area contributed by atoms with Gasteiger partial charge in [-0.25, -0.2) is 0 Å². The smallest absolute Gasteiger partial charge is 0.308 e. The van der Waals surface area contributed by atoms with Crippen molar-refractivity contribution >= 4 is 11.9 Å². The summed E-state index contributed by atoms with van der Waals surface area (Å²) in [6.07, 6.45) is 3.52. The van der Waals surface area contributed by atoms with Crippen molar-refractivity contribution < 1.29 is 19.4 Å². The van der Waals surface area contributed by atoms with E-state index in [2.05, 4.69) is 0 Å². The lowest BCUT2D eigenvalue weighted by molar-refractivity contribution is -0.155. The molecule has 0 radical (unpaired) electrons. The van der Waals surface area contributed by atoms with Crippen LogP contribution in [-0.4, -0.2) is 48.2 Å². The number of likely N-dealkylation sites (tertiary alicyclic amines) is 1. The van der Waals surface area contributed by atoms with Crippen molar-refractivity contribution in [3.05, 3.63) is 0 Å². The summed E-state index contributed by atoms with van der Waals surface area (Å²) in [5.74, 6) is -1.22. The third-order valence-corrected chi connectivity index (χ3v) is 5.03. The van der Waals surface area contributed by atoms with Gasteiger partial charge in [0.05, 0.1) is 5.92 Å². The van der Waals surface area contributed by atoms with E-state index >= 15 is 0 Å². The number of nitrogens with zero attached hydrogens (tertiary/aromatic N) is 1. The van der Waals surface area contributed by atoms with Gasteiger partial charge in [0, 0.05) is 32.7 Å². The quantitative estimate of drug-likeness (QED) is 0.806.